The summed E-state index contributed by atoms with van der Waals surface area (Å²) in [6, 6.07) is 7.42. The van der Waals surface area contributed by atoms with Crippen LogP contribution < -0.4 is 0 Å². The van der Waals surface area contributed by atoms with Gasteiger partial charge in [0.2, 0.25) is 5.09 Å². The van der Waals surface area contributed by atoms with Gasteiger partial charge in [-0.05, 0) is 56.5 Å². The summed E-state index contributed by atoms with van der Waals surface area (Å²) >= 11 is 0. The predicted octanol–water partition coefficient (Wildman–Crippen LogP) is 3.41. The van der Waals surface area contributed by atoms with Crippen LogP contribution in [0.15, 0.2) is 38.2 Å². The summed E-state index contributed by atoms with van der Waals surface area (Å²) in [7, 11) is -1.52. The van der Waals surface area contributed by atoms with Gasteiger partial charge in [-0.2, -0.15) is 4.31 Å². The summed E-state index contributed by atoms with van der Waals surface area (Å²) in [6.45, 7) is 4.60. The van der Waals surface area contributed by atoms with Crippen LogP contribution in [0.2, 0.25) is 0 Å². The van der Waals surface area contributed by atoms with Gasteiger partial charge in [-0.1, -0.05) is 6.92 Å². The first kappa shape index (κ1) is 17.8. The van der Waals surface area contributed by atoms with Crippen LogP contribution >= 0.6 is 0 Å². The molecule has 0 N–H and O–H groups in total. The van der Waals surface area contributed by atoms with Crippen LogP contribution in [0.1, 0.15) is 49.4 Å². The fourth-order valence-corrected chi connectivity index (χ4v) is 5.07. The van der Waals surface area contributed by atoms with Crippen molar-refractivity contribution in [3.05, 3.63) is 41.5 Å². The number of hydrogen-bond acceptors (Lipinski definition) is 5. The summed E-state index contributed by atoms with van der Waals surface area (Å²) in [5.41, 5.74) is 0. The van der Waals surface area contributed by atoms with E-state index in [1.807, 2.05) is 13.1 Å². The molecule has 1 saturated heterocycles. The Morgan fingerprint density at radius 1 is 1.08 bits per heavy atom. The van der Waals surface area contributed by atoms with E-state index in [0.29, 0.717) is 37.9 Å². The number of sulfonamides is 1. The molecule has 26 heavy (non-hydrogen) atoms. The predicted molar refractivity (Wildman–Crippen MR) is 97.1 cm³/mol. The molecule has 2 aliphatic rings. The zero-order chi connectivity index (χ0) is 18.3. The van der Waals surface area contributed by atoms with Crippen molar-refractivity contribution < 1.29 is 17.3 Å². The Kier molecular flexibility index (Phi) is 4.71. The van der Waals surface area contributed by atoms with Crippen molar-refractivity contribution >= 4 is 10.0 Å². The molecular weight excluding hydrogens is 352 g/mol. The zero-order valence-corrected chi connectivity index (χ0v) is 16.2. The Morgan fingerprint density at radius 3 is 2.35 bits per heavy atom. The Labute approximate surface area is 154 Å². The Balaban J connectivity index is 1.37. The van der Waals surface area contributed by atoms with Crippen LogP contribution in [-0.2, 0) is 23.1 Å². The summed E-state index contributed by atoms with van der Waals surface area (Å²) in [4.78, 5) is 2.06. The molecular formula is C19H26N2O4S. The molecule has 1 aliphatic heterocycles. The molecule has 2 aromatic rings. The third-order valence-corrected chi connectivity index (χ3v) is 7.08. The fraction of sp³-hybridized carbons (Fsp3) is 0.579. The van der Waals surface area contributed by atoms with Crippen LogP contribution in [0, 0.1) is 5.92 Å². The minimum Gasteiger partial charge on any atom is -0.464 e. The second-order valence-corrected chi connectivity index (χ2v) is 9.50. The smallest absolute Gasteiger partial charge is 0.276 e. The quantitative estimate of drug-likeness (QED) is 0.739. The first-order valence-electron chi connectivity index (χ1n) is 9.29. The summed E-state index contributed by atoms with van der Waals surface area (Å²) < 4.78 is 38.1. The maximum absolute atomic E-state index is 12.5. The number of hydrogen-bond donors (Lipinski definition) is 0. The van der Waals surface area contributed by atoms with Gasteiger partial charge in [0.05, 0.1) is 13.1 Å². The third-order valence-electron chi connectivity index (χ3n) is 5.31. The molecule has 2 fully saturated rings. The SMILES string of the molecule is C[C@H]1C[C@H]1c1ccc(CN(C)Cc2ccc(S(=O)(=O)N3CCCC3)o2)o1. The second-order valence-electron chi connectivity index (χ2n) is 7.63. The van der Waals surface area contributed by atoms with Crippen LogP contribution in [0.25, 0.3) is 0 Å². The van der Waals surface area contributed by atoms with Crippen LogP contribution in [0.4, 0.5) is 0 Å². The van der Waals surface area contributed by atoms with E-state index in [2.05, 4.69) is 17.9 Å². The van der Waals surface area contributed by atoms with Gasteiger partial charge >= 0.3 is 0 Å². The van der Waals surface area contributed by atoms with Gasteiger partial charge in [-0.3, -0.25) is 4.90 Å². The van der Waals surface area contributed by atoms with E-state index in [9.17, 15) is 8.42 Å². The fourth-order valence-electron chi connectivity index (χ4n) is 3.62. The molecule has 142 valence electrons. The first-order valence-corrected chi connectivity index (χ1v) is 10.7. The van der Waals surface area contributed by atoms with E-state index < -0.39 is 10.0 Å². The average Bonchev–Trinajstić information content (AvgIpc) is 3.08. The standard InChI is InChI=1S/C19H26N2O4S/c1-14-11-17(14)18-7-5-15(24-18)12-20(2)13-16-6-8-19(25-16)26(22,23)21-9-3-4-10-21/h5-8,14,17H,3-4,9-13H2,1-2H3/t14-,17+/m0/s1. The molecule has 2 atom stereocenters. The highest BCUT2D eigenvalue weighted by Gasteiger charge is 2.36. The van der Waals surface area contributed by atoms with Crippen molar-refractivity contribution in [2.24, 2.45) is 5.92 Å². The van der Waals surface area contributed by atoms with E-state index in [0.717, 1.165) is 30.3 Å². The lowest BCUT2D eigenvalue weighted by Gasteiger charge is -2.14. The van der Waals surface area contributed by atoms with E-state index in [1.54, 1.807) is 12.1 Å². The lowest BCUT2D eigenvalue weighted by Crippen LogP contribution is -2.27. The van der Waals surface area contributed by atoms with Gasteiger partial charge in [0, 0.05) is 19.0 Å². The highest BCUT2D eigenvalue weighted by Crippen LogP contribution is 2.47. The van der Waals surface area contributed by atoms with Gasteiger partial charge in [-0.15, -0.1) is 0 Å². The zero-order valence-electron chi connectivity index (χ0n) is 15.3. The second kappa shape index (κ2) is 6.87. The number of furan rings is 2. The molecule has 0 unspecified atom stereocenters. The van der Waals surface area contributed by atoms with Crippen molar-refractivity contribution in [3.8, 4) is 0 Å². The minimum atomic E-state index is -3.49. The molecule has 0 aromatic carbocycles. The molecule has 2 aromatic heterocycles. The van der Waals surface area contributed by atoms with Crippen molar-refractivity contribution in [2.45, 2.75) is 50.3 Å². The van der Waals surface area contributed by atoms with Crippen molar-refractivity contribution in [1.82, 2.24) is 9.21 Å². The van der Waals surface area contributed by atoms with Gasteiger partial charge in [-0.25, -0.2) is 8.42 Å². The van der Waals surface area contributed by atoms with E-state index in [1.165, 1.54) is 10.7 Å². The highest BCUT2D eigenvalue weighted by atomic mass is 32.2. The molecule has 3 heterocycles. The monoisotopic (exact) mass is 378 g/mol. The Bertz CT molecular complexity index is 864. The molecule has 0 bridgehead atoms. The topological polar surface area (TPSA) is 66.9 Å². The van der Waals surface area contributed by atoms with E-state index in [4.69, 9.17) is 8.83 Å². The number of rotatable bonds is 7. The molecule has 0 amide bonds. The van der Waals surface area contributed by atoms with Crippen LogP contribution in [-0.4, -0.2) is 37.8 Å². The van der Waals surface area contributed by atoms with Crippen molar-refractivity contribution in [1.29, 1.82) is 0 Å². The van der Waals surface area contributed by atoms with Gasteiger partial charge in [0.25, 0.3) is 10.0 Å². The van der Waals surface area contributed by atoms with Gasteiger partial charge < -0.3 is 8.83 Å². The van der Waals surface area contributed by atoms with Crippen LogP contribution in [0.3, 0.4) is 0 Å². The average molecular weight is 378 g/mol. The summed E-state index contributed by atoms with van der Waals surface area (Å²) in [6.07, 6.45) is 3.05. The number of nitrogens with zero attached hydrogens (tertiary/aromatic N) is 2. The molecule has 0 spiro atoms. The molecule has 1 saturated carbocycles. The maximum Gasteiger partial charge on any atom is 0.276 e. The van der Waals surface area contributed by atoms with E-state index >= 15 is 0 Å². The first-order chi connectivity index (χ1) is 12.4. The molecule has 1 aliphatic carbocycles. The largest absolute Gasteiger partial charge is 0.464 e. The molecule has 7 heteroatoms. The third kappa shape index (κ3) is 3.61. The molecule has 0 radical (unpaired) electrons. The van der Waals surface area contributed by atoms with Gasteiger partial charge in [0.15, 0.2) is 0 Å². The highest BCUT2D eigenvalue weighted by molar-refractivity contribution is 7.89. The van der Waals surface area contributed by atoms with Crippen LogP contribution in [0.5, 0.6) is 0 Å². The maximum atomic E-state index is 12.5. The molecule has 4 rings (SSSR count). The Morgan fingerprint density at radius 2 is 1.69 bits per heavy atom. The van der Waals surface area contributed by atoms with Crippen molar-refractivity contribution in [3.63, 3.8) is 0 Å². The normalized spacial score (nSPS) is 23.8. The van der Waals surface area contributed by atoms with Crippen molar-refractivity contribution in [2.75, 3.05) is 20.1 Å². The van der Waals surface area contributed by atoms with Gasteiger partial charge in [0.1, 0.15) is 17.3 Å². The lowest BCUT2D eigenvalue weighted by molar-refractivity contribution is 0.252. The molecule has 6 nitrogen and oxygen atoms in total. The summed E-state index contributed by atoms with van der Waals surface area (Å²) in [5, 5.41) is 0.0470. The minimum absolute atomic E-state index is 0.0470. The summed E-state index contributed by atoms with van der Waals surface area (Å²) in [5.74, 6) is 3.96. The lowest BCUT2D eigenvalue weighted by atomic mass is 10.3. The Hall–Kier alpha value is -1.57. The van der Waals surface area contributed by atoms with E-state index in [-0.39, 0.29) is 5.09 Å².